The number of hydrogen-bond donors (Lipinski definition) is 16. The third kappa shape index (κ3) is 13.9. The molecule has 1 aromatic heterocycles. The molecule has 4 aliphatic rings. The zero-order valence-corrected chi connectivity index (χ0v) is 45.1. The minimum absolute atomic E-state index is 0.0471. The van der Waals surface area contributed by atoms with Gasteiger partial charge in [0.05, 0.1) is 50.7 Å². The molecule has 15 atom stereocenters. The molecular formula is C51H62ClN13O16S. The second-order valence-electron chi connectivity index (χ2n) is 19.8. The zero-order chi connectivity index (χ0) is 59.1. The number of carbonyl (C=O) groups is 7. The first-order valence-corrected chi connectivity index (χ1v) is 27.1. The first-order chi connectivity index (χ1) is 39.1. The number of ketones is 1. The number of nitrogens with one attached hydrogen (secondary N) is 7. The van der Waals surface area contributed by atoms with E-state index in [0.29, 0.717) is 21.7 Å². The predicted molar refractivity (Wildman–Crippen MR) is 290 cm³/mol. The van der Waals surface area contributed by atoms with Gasteiger partial charge < -0.3 is 98.5 Å². The van der Waals surface area contributed by atoms with Crippen LogP contribution in [0.5, 0.6) is 0 Å². The minimum atomic E-state index is -2.29. The number of oxazole rings is 1. The lowest BCUT2D eigenvalue weighted by atomic mass is 9.92. The zero-order valence-electron chi connectivity index (χ0n) is 43.6. The molecule has 8 rings (SSSR count). The monoisotopic (exact) mass is 1180 g/mol. The maximum Gasteiger partial charge on any atom is 0.257 e. The van der Waals surface area contributed by atoms with Gasteiger partial charge in [0.15, 0.2) is 29.5 Å². The molecule has 440 valence electrons. The highest BCUT2D eigenvalue weighted by Crippen LogP contribution is 2.30. The summed E-state index contributed by atoms with van der Waals surface area (Å²) >= 11 is 7.01. The van der Waals surface area contributed by atoms with Gasteiger partial charge in [0, 0.05) is 22.9 Å². The number of rotatable bonds is 15. The lowest BCUT2D eigenvalue weighted by molar-refractivity contribution is -0.260. The van der Waals surface area contributed by atoms with Crippen LogP contribution in [0, 0.1) is 0 Å². The number of guanidine groups is 2. The fraction of sp³-hybridized carbons (Fsp3) is 0.451. The first kappa shape index (κ1) is 60.6. The number of benzene rings is 3. The summed E-state index contributed by atoms with van der Waals surface area (Å²) in [5, 5.41) is 94.9. The summed E-state index contributed by atoms with van der Waals surface area (Å²) in [6.45, 7) is -2.00. The minimum Gasteiger partial charge on any atom is -0.431 e. The average Bonchev–Trinajstić information content (AvgIpc) is 3.84. The Morgan fingerprint density at radius 2 is 1.43 bits per heavy atom. The van der Waals surface area contributed by atoms with Crippen LogP contribution in [0.2, 0.25) is 5.02 Å². The van der Waals surface area contributed by atoms with E-state index >= 15 is 4.79 Å². The Bertz CT molecular complexity index is 3070. The summed E-state index contributed by atoms with van der Waals surface area (Å²) < 4.78 is 11.6. The fourth-order valence-electron chi connectivity index (χ4n) is 9.70. The maximum absolute atomic E-state index is 15.1. The first-order valence-electron chi connectivity index (χ1n) is 25.7. The summed E-state index contributed by atoms with van der Waals surface area (Å²) in [6.07, 6.45) is -13.7. The van der Waals surface area contributed by atoms with E-state index in [9.17, 15) is 64.5 Å². The van der Waals surface area contributed by atoms with Crippen LogP contribution >= 0.6 is 23.4 Å². The largest absolute Gasteiger partial charge is 0.431 e. The van der Waals surface area contributed by atoms with E-state index in [0.717, 1.165) is 16.7 Å². The van der Waals surface area contributed by atoms with Crippen molar-refractivity contribution in [2.24, 2.45) is 21.5 Å². The van der Waals surface area contributed by atoms with Gasteiger partial charge in [-0.15, -0.1) is 0 Å². The van der Waals surface area contributed by atoms with E-state index in [1.165, 1.54) is 6.07 Å². The lowest BCUT2D eigenvalue weighted by Crippen LogP contribution is -2.70. The Morgan fingerprint density at radius 3 is 2.11 bits per heavy atom. The van der Waals surface area contributed by atoms with Gasteiger partial charge in [-0.25, -0.2) is 4.98 Å². The van der Waals surface area contributed by atoms with Crippen molar-refractivity contribution >= 4 is 87.6 Å². The standard InChI is InChI=1S/C51H62ClN13O16S/c1-21(23-5-3-2-4-6-23)35-45(77)58-27(14-22-7-12-32-26(13-22)61-51(81-32)82-20-31(68)24-8-10-25(52)11-9-24)44(76)63-36(38(70)28-15-56-49(53)60-28)47(79)64-37(46(78)59-29(18-66)43(75)55-17-34(69)62-35)39(71)30-16-57-50(54)65(30)48-42(74)41(73)40(72)33(19-67)80-48/h2-13,21,27-30,33,35-42,48,66-67,70-74H,14-20H2,1H3,(H2,54,57)(H,55,75)(H,58,77)(H,59,78)(H,62,69)(H,63,76)(H,64,79)(H3,53,56,60)/t21-,27+,28-,29-,30-,33+,35-,36-,37+,38-,39+,40+,41-,42-,48-/m0/s1. The van der Waals surface area contributed by atoms with Gasteiger partial charge >= 0.3 is 0 Å². The van der Waals surface area contributed by atoms with Crippen molar-refractivity contribution < 1.29 is 78.5 Å². The van der Waals surface area contributed by atoms with Gasteiger partial charge in [0.25, 0.3) is 5.22 Å². The topological polar surface area (TPSA) is 461 Å². The Kier molecular flexibility index (Phi) is 19.6. The van der Waals surface area contributed by atoms with E-state index in [1.54, 1.807) is 73.7 Å². The van der Waals surface area contributed by atoms with Crippen LogP contribution in [0.3, 0.4) is 0 Å². The molecule has 6 amide bonds. The Morgan fingerprint density at radius 1 is 0.756 bits per heavy atom. The second-order valence-corrected chi connectivity index (χ2v) is 21.2. The molecule has 0 spiro atoms. The molecule has 0 bridgehead atoms. The quantitative estimate of drug-likeness (QED) is 0.0389. The van der Waals surface area contributed by atoms with Crippen LogP contribution < -0.4 is 48.7 Å². The number of aromatic nitrogens is 1. The molecule has 3 aromatic carbocycles. The number of nitrogens with zero attached hydrogens (tertiary/aromatic N) is 4. The number of fused-ring (bicyclic) bond motifs is 1. The van der Waals surface area contributed by atoms with Crippen molar-refractivity contribution in [1.82, 2.24) is 47.1 Å². The molecule has 2 saturated heterocycles. The van der Waals surface area contributed by atoms with E-state index in [4.69, 9.17) is 32.2 Å². The summed E-state index contributed by atoms with van der Waals surface area (Å²) in [4.78, 5) is 113. The molecule has 31 heteroatoms. The van der Waals surface area contributed by atoms with Crippen LogP contribution in [-0.4, -0.2) is 223 Å². The number of aliphatic hydroxyl groups excluding tert-OH is 7. The predicted octanol–water partition coefficient (Wildman–Crippen LogP) is -5.84. The summed E-state index contributed by atoms with van der Waals surface area (Å²) in [6, 6.07) is 7.14. The number of carbonyl (C=O) groups excluding carboxylic acids is 7. The highest BCUT2D eigenvalue weighted by molar-refractivity contribution is 7.99. The van der Waals surface area contributed by atoms with Gasteiger partial charge in [-0.1, -0.05) is 66.7 Å². The number of nitrogens with two attached hydrogens (primary N) is 2. The average molecular weight is 1180 g/mol. The molecule has 0 saturated carbocycles. The number of Topliss-reactive ketones (excluding diaryl/α,β-unsaturated/α-hetero) is 1. The van der Waals surface area contributed by atoms with Crippen LogP contribution in [0.25, 0.3) is 11.1 Å². The maximum atomic E-state index is 15.1. The van der Waals surface area contributed by atoms with Gasteiger partial charge in [0.2, 0.25) is 35.4 Å². The van der Waals surface area contributed by atoms with E-state index in [1.807, 2.05) is 0 Å². The van der Waals surface area contributed by atoms with Crippen molar-refractivity contribution in [1.29, 1.82) is 0 Å². The highest BCUT2D eigenvalue weighted by Gasteiger charge is 2.52. The van der Waals surface area contributed by atoms with Gasteiger partial charge in [-0.2, -0.15) is 0 Å². The van der Waals surface area contributed by atoms with Gasteiger partial charge in [-0.3, -0.25) is 43.5 Å². The smallest absolute Gasteiger partial charge is 0.257 e. The molecule has 0 aliphatic carbocycles. The molecule has 18 N–H and O–H groups in total. The van der Waals surface area contributed by atoms with Gasteiger partial charge in [-0.05, 0) is 47.5 Å². The SMILES string of the molecule is C[C@@H](c1ccccc1)[C@@H]1NC(=O)CNC(=O)[C@H](CO)NC(=O)[C@@H]([C@H](O)[C@@H]2CN=C(N)N2[C@H]2O[C@H](CO)[C@@H](O)[C@H](O)[C@@H]2O)NC(=O)[C@H]([C@@H](O)[C@@H]2CN=C(N)N2)NC(=O)[C@@H](Cc2ccc3oc(SCC(=O)c4ccc(Cl)cc4)nc3c2)NC1=O. The molecule has 0 unspecified atom stereocenters. The number of aliphatic imine (C=N–C) groups is 2. The van der Waals surface area contributed by atoms with Crippen LogP contribution in [0.4, 0.5) is 0 Å². The number of halogens is 1. The van der Waals surface area contributed by atoms with Crippen molar-refractivity contribution in [2.75, 3.05) is 38.6 Å². The van der Waals surface area contributed by atoms with Crippen molar-refractivity contribution in [3.8, 4) is 0 Å². The summed E-state index contributed by atoms with van der Waals surface area (Å²) in [5.74, 6) is -8.66. The number of hydrogen-bond acceptors (Lipinski definition) is 24. The van der Waals surface area contributed by atoms with E-state index in [2.05, 4.69) is 52.2 Å². The summed E-state index contributed by atoms with van der Waals surface area (Å²) in [7, 11) is 0. The second kappa shape index (κ2) is 26.6. The summed E-state index contributed by atoms with van der Waals surface area (Å²) in [5.41, 5.74) is 14.0. The lowest BCUT2D eigenvalue weighted by Gasteiger charge is -2.46. The van der Waals surface area contributed by atoms with Crippen LogP contribution in [0.15, 0.2) is 92.4 Å². The van der Waals surface area contributed by atoms with Crippen molar-refractivity contribution in [3.63, 3.8) is 0 Å². The highest BCUT2D eigenvalue weighted by atomic mass is 35.5. The number of thioether (sulfide) groups is 1. The Balaban J connectivity index is 1.15. The third-order valence-electron chi connectivity index (χ3n) is 14.3. The molecule has 0 radical (unpaired) electrons. The van der Waals surface area contributed by atoms with E-state index < -0.39 is 159 Å². The van der Waals surface area contributed by atoms with Crippen molar-refractivity contribution in [2.45, 2.75) is 110 Å². The van der Waals surface area contributed by atoms with Crippen LogP contribution in [-0.2, 0) is 39.9 Å². The normalized spacial score (nSPS) is 29.1. The Labute approximate surface area is 475 Å². The van der Waals surface area contributed by atoms with E-state index in [-0.39, 0.29) is 46.8 Å². The fourth-order valence-corrected chi connectivity index (χ4v) is 10.6. The molecule has 2 fully saturated rings. The number of aliphatic hydroxyl groups is 7. The molecule has 82 heavy (non-hydrogen) atoms. The number of ether oxygens (including phenoxy) is 1. The van der Waals surface area contributed by atoms with Gasteiger partial charge in [0.1, 0.15) is 72.3 Å². The van der Waals surface area contributed by atoms with Crippen molar-refractivity contribution in [3.05, 3.63) is 94.5 Å². The number of amides is 6. The molecule has 4 aliphatic heterocycles. The molecule has 4 aromatic rings. The van der Waals surface area contributed by atoms with Crippen LogP contribution in [0.1, 0.15) is 34.3 Å². The molecule has 5 heterocycles. The molecular weight excluding hydrogens is 1120 g/mol. The third-order valence-corrected chi connectivity index (χ3v) is 15.4. The molecule has 29 nitrogen and oxygen atoms in total. The Hall–Kier alpha value is -7.52.